The van der Waals surface area contributed by atoms with Crippen LogP contribution in [0.2, 0.25) is 0 Å². The third kappa shape index (κ3) is 2.64. The summed E-state index contributed by atoms with van der Waals surface area (Å²) in [6, 6.07) is 22.8. The molecular weight excluding hydrogens is 527 g/mol. The van der Waals surface area contributed by atoms with Crippen LogP contribution in [0.4, 0.5) is 0 Å². The van der Waals surface area contributed by atoms with Crippen LogP contribution >= 0.6 is 0 Å². The zero-order chi connectivity index (χ0) is 17.8. The number of pyridine rings is 2. The first-order valence-electron chi connectivity index (χ1n) is 8.89. The van der Waals surface area contributed by atoms with Crippen LogP contribution in [0.5, 0.6) is 0 Å². The van der Waals surface area contributed by atoms with E-state index < -0.39 is 0 Å². The van der Waals surface area contributed by atoms with E-state index in [-0.39, 0.29) is 21.1 Å². The van der Waals surface area contributed by atoms with Gasteiger partial charge in [0.2, 0.25) is 0 Å². The zero-order valence-electron chi connectivity index (χ0n) is 14.7. The van der Waals surface area contributed by atoms with E-state index in [0.29, 0.717) is 6.42 Å². The maximum atomic E-state index is 4.84. The second-order valence-corrected chi connectivity index (χ2v) is 6.74. The van der Waals surface area contributed by atoms with Crippen LogP contribution < -0.4 is 0 Å². The first-order chi connectivity index (χ1) is 13.3. The van der Waals surface area contributed by atoms with Gasteiger partial charge in [-0.1, -0.05) is 12.1 Å². The number of imidazole rings is 2. The molecule has 0 spiro atoms. The van der Waals surface area contributed by atoms with Crippen molar-refractivity contribution >= 4 is 32.8 Å². The normalized spacial score (nSPS) is 11.4. The first-order valence-corrected chi connectivity index (χ1v) is 8.89. The maximum absolute atomic E-state index is 4.84. The fourth-order valence-electron chi connectivity index (χ4n) is 3.73. The van der Waals surface area contributed by atoms with Gasteiger partial charge in [-0.3, -0.25) is 9.97 Å². The van der Waals surface area contributed by atoms with E-state index in [2.05, 4.69) is 57.6 Å². The molecule has 0 unspecified atom stereocenters. The molecule has 4 nitrogen and oxygen atoms in total. The molecule has 28 heavy (non-hydrogen) atoms. The Morgan fingerprint density at radius 2 is 1.21 bits per heavy atom. The molecule has 0 N–H and O–H groups in total. The third-order valence-electron chi connectivity index (χ3n) is 4.98. The van der Waals surface area contributed by atoms with Crippen molar-refractivity contribution < 1.29 is 21.1 Å². The Bertz CT molecular complexity index is 1350. The molecule has 0 saturated carbocycles. The van der Waals surface area contributed by atoms with Gasteiger partial charge in [0, 0.05) is 18.8 Å². The second-order valence-electron chi connectivity index (χ2n) is 6.74. The molecule has 0 fully saturated rings. The first kappa shape index (κ1) is 17.1. The molecule has 6 aromatic rings. The van der Waals surface area contributed by atoms with Crippen molar-refractivity contribution in [3.8, 4) is 0 Å². The van der Waals surface area contributed by atoms with Crippen molar-refractivity contribution in [1.29, 1.82) is 0 Å². The Hall–Kier alpha value is -2.97. The van der Waals surface area contributed by atoms with Gasteiger partial charge in [0.15, 0.2) is 0 Å². The summed E-state index contributed by atoms with van der Waals surface area (Å²) in [6.07, 6.45) is 8.93. The average molecular weight is 541 g/mol. The molecule has 0 aliphatic heterocycles. The van der Waals surface area contributed by atoms with Gasteiger partial charge in [0.1, 0.15) is 0 Å². The summed E-state index contributed by atoms with van der Waals surface area (Å²) < 4.78 is 4.13. The fraction of sp³-hybridized carbons (Fsp3) is 0.0435. The van der Waals surface area contributed by atoms with Crippen LogP contribution in [0, 0.1) is 12.1 Å². The van der Waals surface area contributed by atoms with Crippen LogP contribution in [-0.2, 0) is 27.5 Å². The molecule has 0 radical (unpaired) electrons. The number of hydrogen-bond acceptors (Lipinski definition) is 2. The number of benzene rings is 2. The summed E-state index contributed by atoms with van der Waals surface area (Å²) in [5.74, 6) is 0. The van der Waals surface area contributed by atoms with E-state index in [9.17, 15) is 0 Å². The molecule has 0 aliphatic carbocycles. The smallest absolute Gasteiger partial charge is 0.347 e. The van der Waals surface area contributed by atoms with Gasteiger partial charge in [-0.2, -0.15) is 0 Å². The Balaban J connectivity index is 0.00000171. The minimum atomic E-state index is 0. The molecule has 5 heteroatoms. The van der Waals surface area contributed by atoms with E-state index in [1.54, 1.807) is 0 Å². The van der Waals surface area contributed by atoms with Gasteiger partial charge < -0.3 is 8.80 Å². The van der Waals surface area contributed by atoms with Crippen molar-refractivity contribution in [3.05, 3.63) is 96.8 Å². The number of aromatic nitrogens is 4. The van der Waals surface area contributed by atoms with Crippen molar-refractivity contribution in [3.63, 3.8) is 0 Å². The van der Waals surface area contributed by atoms with Gasteiger partial charge in [0.05, 0.1) is 22.7 Å². The van der Waals surface area contributed by atoms with E-state index in [1.165, 1.54) is 0 Å². The molecule has 6 rings (SSSR count). The Morgan fingerprint density at radius 1 is 0.714 bits per heavy atom. The van der Waals surface area contributed by atoms with Gasteiger partial charge in [-0.15, -0.1) is 70.1 Å². The number of nitrogens with zero attached hydrogens (tertiary/aromatic N) is 4. The molecule has 136 valence electrons. The molecule has 0 aliphatic rings. The minimum absolute atomic E-state index is 0. The van der Waals surface area contributed by atoms with Crippen LogP contribution in [0.25, 0.3) is 32.8 Å². The topological polar surface area (TPSA) is 34.6 Å². The molecule has 0 bridgehead atoms. The molecule has 0 saturated heterocycles. The summed E-state index contributed by atoms with van der Waals surface area (Å²) in [6.45, 7) is 0. The second kappa shape index (κ2) is 6.57. The largest absolute Gasteiger partial charge is 2.00 e. The molecule has 4 aromatic heterocycles. The van der Waals surface area contributed by atoms with E-state index >= 15 is 0 Å². The Morgan fingerprint density at radius 3 is 1.71 bits per heavy atom. The Kier molecular flexibility index (Phi) is 4.03. The van der Waals surface area contributed by atoms with E-state index in [4.69, 9.17) is 9.97 Å². The summed E-state index contributed by atoms with van der Waals surface area (Å²) >= 11 is 0. The summed E-state index contributed by atoms with van der Waals surface area (Å²) in [4.78, 5) is 9.69. The van der Waals surface area contributed by atoms with Gasteiger partial charge >= 0.3 is 21.1 Å². The van der Waals surface area contributed by atoms with Gasteiger partial charge in [-0.05, 0) is 12.4 Å². The molecule has 4 heterocycles. The van der Waals surface area contributed by atoms with Gasteiger partial charge in [-0.25, -0.2) is 0 Å². The van der Waals surface area contributed by atoms with E-state index in [0.717, 1.165) is 44.2 Å². The third-order valence-corrected chi connectivity index (χ3v) is 4.98. The van der Waals surface area contributed by atoms with Crippen LogP contribution in [0.3, 0.4) is 0 Å². The van der Waals surface area contributed by atoms with Crippen molar-refractivity contribution in [1.82, 2.24) is 18.8 Å². The molecular formula is C23H14N4Pt. The zero-order valence-corrected chi connectivity index (χ0v) is 17.0. The predicted octanol–water partition coefficient (Wildman–Crippen LogP) is 4.48. The van der Waals surface area contributed by atoms with Crippen molar-refractivity contribution in [2.75, 3.05) is 0 Å². The molecule has 0 amide bonds. The van der Waals surface area contributed by atoms with Crippen molar-refractivity contribution in [2.45, 2.75) is 6.42 Å². The summed E-state index contributed by atoms with van der Waals surface area (Å²) in [5.41, 5.74) is 3.86. The number of hydrogen-bond donors (Lipinski definition) is 0. The Labute approximate surface area is 175 Å². The SMILES string of the molecule is [Pt+2].[c-]1cccc2ccn3cc(Cc4cn5ccc6ccc[c-]c6c5n4)nc3c12. The standard InChI is InChI=1S/C23H14N4.Pt/c1-3-7-20-16(5-1)9-11-26-14-18(24-22(20)26)13-19-15-27-12-10-17-6-2-4-8-21(17)23(27)25-19;/h1-6,9-12,14-15H,13H2;/q-2;+2. The van der Waals surface area contributed by atoms with Crippen LogP contribution in [0.15, 0.2) is 73.3 Å². The fourth-order valence-corrected chi connectivity index (χ4v) is 3.73. The number of rotatable bonds is 2. The monoisotopic (exact) mass is 541 g/mol. The van der Waals surface area contributed by atoms with E-state index in [1.807, 2.05) is 36.7 Å². The van der Waals surface area contributed by atoms with Crippen LogP contribution in [0.1, 0.15) is 11.4 Å². The van der Waals surface area contributed by atoms with Gasteiger partial charge in [0.25, 0.3) is 0 Å². The number of fused-ring (bicyclic) bond motifs is 6. The molecule has 2 aromatic carbocycles. The average Bonchev–Trinajstić information content (AvgIpc) is 3.31. The van der Waals surface area contributed by atoms with Crippen LogP contribution in [-0.4, -0.2) is 18.8 Å². The predicted molar refractivity (Wildman–Crippen MR) is 106 cm³/mol. The maximum Gasteiger partial charge on any atom is 2.00 e. The molecule has 0 atom stereocenters. The van der Waals surface area contributed by atoms with Crippen molar-refractivity contribution in [2.24, 2.45) is 0 Å². The quantitative estimate of drug-likeness (QED) is 0.303. The minimum Gasteiger partial charge on any atom is -0.347 e. The summed E-state index contributed by atoms with van der Waals surface area (Å²) in [5, 5.41) is 4.39. The summed E-state index contributed by atoms with van der Waals surface area (Å²) in [7, 11) is 0.